The van der Waals surface area contributed by atoms with E-state index < -0.39 is 13.0 Å². The number of aliphatic imine (C=N–C) groups is 1. The zero-order valence-electron chi connectivity index (χ0n) is 17.6. The normalized spacial score (nSPS) is 13.8. The molecule has 0 aliphatic carbocycles. The second kappa shape index (κ2) is 9.91. The van der Waals surface area contributed by atoms with Gasteiger partial charge in [0.1, 0.15) is 23.8 Å². The Kier molecular flexibility index (Phi) is 6.80. The van der Waals surface area contributed by atoms with Gasteiger partial charge in [0, 0.05) is 42.3 Å². The van der Waals surface area contributed by atoms with Gasteiger partial charge in [-0.05, 0) is 24.1 Å². The molecule has 0 unspecified atom stereocenters. The number of Topliss-reactive ketones (excluding diaryl/α,β-unsaturated/α-hetero) is 1. The van der Waals surface area contributed by atoms with Gasteiger partial charge in [-0.1, -0.05) is 35.5 Å². The molecule has 0 spiro atoms. The van der Waals surface area contributed by atoms with Gasteiger partial charge in [-0.15, -0.1) is 0 Å². The van der Waals surface area contributed by atoms with Gasteiger partial charge in [0.25, 0.3) is 6.43 Å². The smallest absolute Gasteiger partial charge is 0.261 e. The van der Waals surface area contributed by atoms with Gasteiger partial charge in [-0.3, -0.25) is 14.8 Å². The third-order valence-corrected chi connectivity index (χ3v) is 5.27. The van der Waals surface area contributed by atoms with Gasteiger partial charge in [-0.25, -0.2) is 8.78 Å². The molecule has 1 aliphatic rings. The Hall–Kier alpha value is -3.26. The summed E-state index contributed by atoms with van der Waals surface area (Å²) < 4.78 is 35.2. The first-order valence-electron chi connectivity index (χ1n) is 10.4. The molecule has 1 atom stereocenters. The van der Waals surface area contributed by atoms with Crippen molar-refractivity contribution in [1.29, 1.82) is 0 Å². The Bertz CT molecular complexity index is 1110. The van der Waals surface area contributed by atoms with Crippen molar-refractivity contribution in [2.45, 2.75) is 38.7 Å². The van der Waals surface area contributed by atoms with Crippen molar-refractivity contribution < 1.29 is 22.8 Å². The maximum atomic E-state index is 12.8. The van der Waals surface area contributed by atoms with E-state index in [0.717, 1.165) is 22.4 Å². The standard InChI is InChI=1S/C24H23F2N3O3/c1-15-7-22(29-32-15)24-21-12-27-19(8-17(21)11-28-24)10-20(30)9-18(13-31-14-23(25)26)16-5-3-2-4-6-16/h2-8,12,18,23H,9-11,13-14H2,1H3/t18-/m1/s1. The minimum Gasteiger partial charge on any atom is -0.375 e. The van der Waals surface area contributed by atoms with Crippen LogP contribution < -0.4 is 0 Å². The summed E-state index contributed by atoms with van der Waals surface area (Å²) in [5.74, 6) is 0.386. The molecule has 6 nitrogen and oxygen atoms in total. The number of benzene rings is 1. The van der Waals surface area contributed by atoms with E-state index in [1.54, 1.807) is 6.20 Å². The van der Waals surface area contributed by atoms with Crippen LogP contribution in [0, 0.1) is 6.92 Å². The van der Waals surface area contributed by atoms with E-state index in [1.165, 1.54) is 0 Å². The minimum absolute atomic E-state index is 0.0294. The van der Waals surface area contributed by atoms with E-state index in [2.05, 4.69) is 15.1 Å². The molecule has 0 radical (unpaired) electrons. The molecular weight excluding hydrogens is 416 g/mol. The highest BCUT2D eigenvalue weighted by atomic mass is 19.3. The Labute approximate surface area is 184 Å². The second-order valence-corrected chi connectivity index (χ2v) is 7.78. The molecule has 8 heteroatoms. The van der Waals surface area contributed by atoms with Crippen molar-refractivity contribution in [1.82, 2.24) is 10.1 Å². The van der Waals surface area contributed by atoms with E-state index in [-0.39, 0.29) is 31.1 Å². The molecule has 4 rings (SSSR count). The van der Waals surface area contributed by atoms with Crippen LogP contribution in [0.15, 0.2) is 58.2 Å². The summed E-state index contributed by atoms with van der Waals surface area (Å²) >= 11 is 0. The first-order valence-corrected chi connectivity index (χ1v) is 10.4. The van der Waals surface area contributed by atoms with Crippen LogP contribution in [0.25, 0.3) is 0 Å². The van der Waals surface area contributed by atoms with Gasteiger partial charge in [0.05, 0.1) is 18.9 Å². The van der Waals surface area contributed by atoms with Crippen LogP contribution in [-0.4, -0.2) is 41.3 Å². The number of nitrogens with zero attached hydrogens (tertiary/aromatic N) is 3. The predicted molar refractivity (Wildman–Crippen MR) is 114 cm³/mol. The molecule has 3 aromatic rings. The fraction of sp³-hybridized carbons (Fsp3) is 0.333. The number of ether oxygens (including phenoxy) is 1. The van der Waals surface area contributed by atoms with Gasteiger partial charge in [0.15, 0.2) is 0 Å². The third-order valence-electron chi connectivity index (χ3n) is 5.27. The number of hydrogen-bond acceptors (Lipinski definition) is 6. The fourth-order valence-electron chi connectivity index (χ4n) is 3.78. The van der Waals surface area contributed by atoms with Crippen LogP contribution in [0.5, 0.6) is 0 Å². The average Bonchev–Trinajstić information content (AvgIpc) is 3.39. The number of fused-ring (bicyclic) bond motifs is 1. The molecule has 0 fully saturated rings. The maximum Gasteiger partial charge on any atom is 0.261 e. The Morgan fingerprint density at radius 1 is 1.19 bits per heavy atom. The number of aromatic nitrogens is 2. The summed E-state index contributed by atoms with van der Waals surface area (Å²) in [7, 11) is 0. The number of carbonyl (C=O) groups is 1. The van der Waals surface area contributed by atoms with Crippen LogP contribution >= 0.6 is 0 Å². The highest BCUT2D eigenvalue weighted by molar-refractivity contribution is 6.13. The molecule has 1 aliphatic heterocycles. The van der Waals surface area contributed by atoms with Crippen molar-refractivity contribution in [3.8, 4) is 0 Å². The van der Waals surface area contributed by atoms with E-state index >= 15 is 0 Å². The molecule has 0 saturated heterocycles. The number of carbonyl (C=O) groups excluding carboxylic acids is 1. The Morgan fingerprint density at radius 2 is 2.00 bits per heavy atom. The van der Waals surface area contributed by atoms with Gasteiger partial charge >= 0.3 is 0 Å². The lowest BCUT2D eigenvalue weighted by Gasteiger charge is -2.17. The first kappa shape index (κ1) is 22.0. The van der Waals surface area contributed by atoms with Crippen molar-refractivity contribution in [3.63, 3.8) is 0 Å². The molecule has 0 bridgehead atoms. The van der Waals surface area contributed by atoms with E-state index in [4.69, 9.17) is 9.26 Å². The fourth-order valence-corrected chi connectivity index (χ4v) is 3.78. The highest BCUT2D eigenvalue weighted by Gasteiger charge is 2.23. The lowest BCUT2D eigenvalue weighted by molar-refractivity contribution is -0.119. The zero-order valence-corrected chi connectivity index (χ0v) is 17.6. The zero-order chi connectivity index (χ0) is 22.5. The molecule has 32 heavy (non-hydrogen) atoms. The molecular formula is C24H23F2N3O3. The van der Waals surface area contributed by atoms with E-state index in [9.17, 15) is 13.6 Å². The second-order valence-electron chi connectivity index (χ2n) is 7.78. The highest BCUT2D eigenvalue weighted by Crippen LogP contribution is 2.25. The van der Waals surface area contributed by atoms with Crippen LogP contribution in [0.1, 0.15) is 46.2 Å². The largest absolute Gasteiger partial charge is 0.375 e. The lowest BCUT2D eigenvalue weighted by atomic mass is 9.93. The van der Waals surface area contributed by atoms with E-state index in [1.807, 2.05) is 49.4 Å². The number of rotatable bonds is 10. The summed E-state index contributed by atoms with van der Waals surface area (Å²) in [5.41, 5.74) is 4.82. The monoisotopic (exact) mass is 439 g/mol. The molecule has 0 amide bonds. The number of aryl methyl sites for hydroxylation is 1. The molecule has 0 N–H and O–H groups in total. The SMILES string of the molecule is Cc1cc(C2=NCc3cc(CC(=O)C[C@H](COCC(F)F)c4ccccc4)ncc32)no1. The molecule has 2 aromatic heterocycles. The number of halogens is 2. The number of pyridine rings is 1. The molecule has 3 heterocycles. The van der Waals surface area contributed by atoms with Crippen molar-refractivity contribution >= 4 is 11.5 Å². The van der Waals surface area contributed by atoms with Gasteiger partial charge < -0.3 is 9.26 Å². The Balaban J connectivity index is 1.42. The number of ketones is 1. The maximum absolute atomic E-state index is 12.8. The Morgan fingerprint density at radius 3 is 2.72 bits per heavy atom. The molecule has 1 aromatic carbocycles. The minimum atomic E-state index is -2.54. The average molecular weight is 439 g/mol. The third kappa shape index (κ3) is 5.31. The summed E-state index contributed by atoms with van der Waals surface area (Å²) in [6.07, 6.45) is -0.477. The summed E-state index contributed by atoms with van der Waals surface area (Å²) in [4.78, 5) is 21.8. The predicted octanol–water partition coefficient (Wildman–Crippen LogP) is 4.30. The van der Waals surface area contributed by atoms with Crippen molar-refractivity contribution in [2.75, 3.05) is 13.2 Å². The van der Waals surface area contributed by atoms with E-state index in [0.29, 0.717) is 23.7 Å². The topological polar surface area (TPSA) is 77.6 Å². The van der Waals surface area contributed by atoms with Crippen molar-refractivity contribution in [2.24, 2.45) is 4.99 Å². The van der Waals surface area contributed by atoms with Gasteiger partial charge in [0.2, 0.25) is 0 Å². The van der Waals surface area contributed by atoms with Crippen LogP contribution in [0.4, 0.5) is 8.78 Å². The molecule has 0 saturated carbocycles. The quantitative estimate of drug-likeness (QED) is 0.471. The summed E-state index contributed by atoms with van der Waals surface area (Å²) in [6, 6.07) is 13.1. The number of alkyl halides is 2. The first-order chi connectivity index (χ1) is 15.5. The molecule has 166 valence electrons. The van der Waals surface area contributed by atoms with Crippen LogP contribution in [0.2, 0.25) is 0 Å². The van der Waals surface area contributed by atoms with Gasteiger partial charge in [-0.2, -0.15) is 0 Å². The summed E-state index contributed by atoms with van der Waals surface area (Å²) in [5, 5.41) is 4.02. The number of hydrogen-bond donors (Lipinski definition) is 0. The lowest BCUT2D eigenvalue weighted by Crippen LogP contribution is -2.17. The van der Waals surface area contributed by atoms with Crippen LogP contribution in [0.3, 0.4) is 0 Å². The summed E-state index contributed by atoms with van der Waals surface area (Å²) in [6.45, 7) is 1.73. The van der Waals surface area contributed by atoms with Crippen LogP contribution in [-0.2, 0) is 22.5 Å². The van der Waals surface area contributed by atoms with Crippen molar-refractivity contribution in [3.05, 3.63) is 82.5 Å².